The lowest BCUT2D eigenvalue weighted by Crippen LogP contribution is -2.17. The van der Waals surface area contributed by atoms with Crippen molar-refractivity contribution in [3.8, 4) is 5.75 Å². The highest BCUT2D eigenvalue weighted by Crippen LogP contribution is 2.16. The van der Waals surface area contributed by atoms with Crippen molar-refractivity contribution in [2.24, 2.45) is 0 Å². The molecule has 4 heteroatoms. The quantitative estimate of drug-likeness (QED) is 0.896. The van der Waals surface area contributed by atoms with E-state index in [9.17, 15) is 4.79 Å². The highest BCUT2D eigenvalue weighted by atomic mass is 16.5. The minimum atomic E-state index is -0.0475. The van der Waals surface area contributed by atoms with E-state index in [0.717, 1.165) is 11.4 Å². The Morgan fingerprint density at radius 3 is 2.42 bits per heavy atom. The minimum absolute atomic E-state index is 0.0475. The topological polar surface area (TPSA) is 43.3 Å². The lowest BCUT2D eigenvalue weighted by atomic mass is 10.3. The van der Waals surface area contributed by atoms with Crippen molar-refractivity contribution < 1.29 is 9.53 Å². The summed E-state index contributed by atoms with van der Waals surface area (Å²) in [5.74, 6) is 0.757. The van der Waals surface area contributed by atoms with Gasteiger partial charge in [-0.25, -0.2) is 0 Å². The predicted octanol–water partition coefficient (Wildman–Crippen LogP) is 2.91. The number of hydrogen-bond donors (Lipinski definition) is 1. The summed E-state index contributed by atoms with van der Waals surface area (Å²) in [6, 6.07) is 11.2. The molecule has 1 heterocycles. The molecule has 0 aliphatic carbocycles. The smallest absolute Gasteiger partial charge is 0.244 e. The van der Waals surface area contributed by atoms with Crippen LogP contribution in [0.2, 0.25) is 0 Å². The first-order chi connectivity index (χ1) is 9.13. The van der Waals surface area contributed by atoms with Crippen LogP contribution in [-0.4, -0.2) is 16.6 Å². The molecule has 1 aromatic carbocycles. The molecule has 4 nitrogen and oxygen atoms in total. The fourth-order valence-corrected chi connectivity index (χ4v) is 1.73. The summed E-state index contributed by atoms with van der Waals surface area (Å²) in [6.07, 6.45) is 3.87. The molecule has 0 atom stereocenters. The number of rotatable bonds is 5. The van der Waals surface area contributed by atoms with Gasteiger partial charge in [0.05, 0.1) is 6.10 Å². The standard InChI is InChI=1S/C15H18N2O2/c1-12(2)19-14-7-5-13(6-8-14)16-15(18)11-17-9-3-4-10-17/h3-10,12H,11H2,1-2H3,(H,16,18). The SMILES string of the molecule is CC(C)Oc1ccc(NC(=O)Cn2cccc2)cc1. The van der Waals surface area contributed by atoms with Gasteiger partial charge in [-0.05, 0) is 50.2 Å². The maximum atomic E-state index is 11.8. The van der Waals surface area contributed by atoms with Crippen molar-refractivity contribution in [2.45, 2.75) is 26.5 Å². The molecular formula is C15H18N2O2. The number of hydrogen-bond acceptors (Lipinski definition) is 2. The second kappa shape index (κ2) is 6.09. The molecule has 0 fully saturated rings. The average Bonchev–Trinajstić information content (AvgIpc) is 2.83. The Kier molecular flexibility index (Phi) is 4.23. The number of anilines is 1. The summed E-state index contributed by atoms with van der Waals surface area (Å²) in [7, 11) is 0. The highest BCUT2D eigenvalue weighted by molar-refractivity contribution is 5.90. The Hall–Kier alpha value is -2.23. The molecule has 0 unspecified atom stereocenters. The monoisotopic (exact) mass is 258 g/mol. The van der Waals surface area contributed by atoms with Gasteiger partial charge in [0.2, 0.25) is 5.91 Å². The van der Waals surface area contributed by atoms with Gasteiger partial charge in [-0.15, -0.1) is 0 Å². The van der Waals surface area contributed by atoms with E-state index in [0.29, 0.717) is 6.54 Å². The summed E-state index contributed by atoms with van der Waals surface area (Å²) < 4.78 is 7.37. The Labute approximate surface area is 113 Å². The molecule has 0 saturated heterocycles. The maximum Gasteiger partial charge on any atom is 0.244 e. The molecule has 1 amide bonds. The molecule has 2 aromatic rings. The maximum absolute atomic E-state index is 11.8. The third-order valence-electron chi connectivity index (χ3n) is 2.50. The van der Waals surface area contributed by atoms with E-state index in [1.54, 1.807) is 0 Å². The zero-order valence-corrected chi connectivity index (χ0v) is 11.2. The van der Waals surface area contributed by atoms with Gasteiger partial charge < -0.3 is 14.6 Å². The van der Waals surface area contributed by atoms with Gasteiger partial charge in [0, 0.05) is 18.1 Å². The molecule has 0 aliphatic rings. The molecule has 1 N–H and O–H groups in total. The molecule has 0 spiro atoms. The number of carbonyl (C=O) groups is 1. The molecule has 0 radical (unpaired) electrons. The Morgan fingerprint density at radius 1 is 1.21 bits per heavy atom. The number of carbonyl (C=O) groups excluding carboxylic acids is 1. The van der Waals surface area contributed by atoms with E-state index < -0.39 is 0 Å². The Morgan fingerprint density at radius 2 is 1.84 bits per heavy atom. The van der Waals surface area contributed by atoms with Gasteiger partial charge >= 0.3 is 0 Å². The summed E-state index contributed by atoms with van der Waals surface area (Å²) in [5.41, 5.74) is 0.772. The first-order valence-corrected chi connectivity index (χ1v) is 6.31. The van der Waals surface area contributed by atoms with Crippen LogP contribution in [0.25, 0.3) is 0 Å². The van der Waals surface area contributed by atoms with Crippen LogP contribution in [-0.2, 0) is 11.3 Å². The largest absolute Gasteiger partial charge is 0.491 e. The van der Waals surface area contributed by atoms with Crippen molar-refractivity contribution in [3.63, 3.8) is 0 Å². The van der Waals surface area contributed by atoms with Crippen molar-refractivity contribution in [1.29, 1.82) is 0 Å². The van der Waals surface area contributed by atoms with Gasteiger partial charge in [0.15, 0.2) is 0 Å². The van der Waals surface area contributed by atoms with Crippen LogP contribution in [0.15, 0.2) is 48.8 Å². The normalized spacial score (nSPS) is 10.5. The zero-order chi connectivity index (χ0) is 13.7. The second-order valence-electron chi connectivity index (χ2n) is 4.59. The molecular weight excluding hydrogens is 240 g/mol. The lowest BCUT2D eigenvalue weighted by Gasteiger charge is -2.10. The fraction of sp³-hybridized carbons (Fsp3) is 0.267. The molecule has 19 heavy (non-hydrogen) atoms. The van der Waals surface area contributed by atoms with Gasteiger partial charge in [-0.1, -0.05) is 0 Å². The summed E-state index contributed by atoms with van der Waals surface area (Å²) >= 11 is 0. The van der Waals surface area contributed by atoms with E-state index >= 15 is 0 Å². The molecule has 0 aliphatic heterocycles. The van der Waals surface area contributed by atoms with Crippen LogP contribution in [0.1, 0.15) is 13.8 Å². The van der Waals surface area contributed by atoms with E-state index in [1.807, 2.05) is 67.2 Å². The number of aromatic nitrogens is 1. The van der Waals surface area contributed by atoms with Crippen LogP contribution >= 0.6 is 0 Å². The third kappa shape index (κ3) is 4.17. The first kappa shape index (κ1) is 13.2. The summed E-state index contributed by atoms with van der Waals surface area (Å²) in [5, 5.41) is 2.85. The van der Waals surface area contributed by atoms with Crippen LogP contribution in [0.5, 0.6) is 5.75 Å². The number of nitrogens with one attached hydrogen (secondary N) is 1. The molecule has 2 rings (SSSR count). The van der Waals surface area contributed by atoms with E-state index in [4.69, 9.17) is 4.74 Å². The van der Waals surface area contributed by atoms with Crippen LogP contribution < -0.4 is 10.1 Å². The number of nitrogens with zero attached hydrogens (tertiary/aromatic N) is 1. The van der Waals surface area contributed by atoms with E-state index in [1.165, 1.54) is 0 Å². The van der Waals surface area contributed by atoms with Crippen molar-refractivity contribution in [2.75, 3.05) is 5.32 Å². The van der Waals surface area contributed by atoms with Crippen LogP contribution in [0.4, 0.5) is 5.69 Å². The number of ether oxygens (including phenoxy) is 1. The Balaban J connectivity index is 1.90. The lowest BCUT2D eigenvalue weighted by molar-refractivity contribution is -0.116. The molecule has 0 bridgehead atoms. The minimum Gasteiger partial charge on any atom is -0.491 e. The van der Waals surface area contributed by atoms with Crippen LogP contribution in [0, 0.1) is 0 Å². The molecule has 100 valence electrons. The average molecular weight is 258 g/mol. The zero-order valence-electron chi connectivity index (χ0n) is 11.2. The summed E-state index contributed by atoms with van der Waals surface area (Å²) in [6.45, 7) is 4.27. The van der Waals surface area contributed by atoms with Gasteiger partial charge in [0.25, 0.3) is 0 Å². The summed E-state index contributed by atoms with van der Waals surface area (Å²) in [4.78, 5) is 11.8. The first-order valence-electron chi connectivity index (χ1n) is 6.31. The van der Waals surface area contributed by atoms with Crippen molar-refractivity contribution in [3.05, 3.63) is 48.8 Å². The third-order valence-corrected chi connectivity index (χ3v) is 2.50. The van der Waals surface area contributed by atoms with E-state index in [2.05, 4.69) is 5.32 Å². The number of benzene rings is 1. The number of amides is 1. The van der Waals surface area contributed by atoms with Crippen molar-refractivity contribution >= 4 is 11.6 Å². The van der Waals surface area contributed by atoms with Crippen molar-refractivity contribution in [1.82, 2.24) is 4.57 Å². The van der Waals surface area contributed by atoms with E-state index in [-0.39, 0.29) is 12.0 Å². The van der Waals surface area contributed by atoms with Gasteiger partial charge in [-0.3, -0.25) is 4.79 Å². The fourth-order valence-electron chi connectivity index (χ4n) is 1.73. The molecule has 0 saturated carbocycles. The second-order valence-corrected chi connectivity index (χ2v) is 4.59. The van der Waals surface area contributed by atoms with Gasteiger partial charge in [0.1, 0.15) is 12.3 Å². The van der Waals surface area contributed by atoms with Crippen LogP contribution in [0.3, 0.4) is 0 Å². The Bertz CT molecular complexity index is 516. The predicted molar refractivity (Wildman–Crippen MR) is 75.3 cm³/mol. The van der Waals surface area contributed by atoms with Gasteiger partial charge in [-0.2, -0.15) is 0 Å². The molecule has 1 aromatic heterocycles. The highest BCUT2D eigenvalue weighted by Gasteiger charge is 2.03.